The van der Waals surface area contributed by atoms with Crippen LogP contribution in [0, 0.1) is 0 Å². The number of pyridine rings is 1. The van der Waals surface area contributed by atoms with E-state index in [9.17, 15) is 0 Å². The van der Waals surface area contributed by atoms with Crippen molar-refractivity contribution in [1.29, 1.82) is 0 Å². The van der Waals surface area contributed by atoms with Gasteiger partial charge < -0.3 is 11.1 Å². The van der Waals surface area contributed by atoms with Crippen molar-refractivity contribution >= 4 is 43.5 Å². The van der Waals surface area contributed by atoms with Crippen LogP contribution in [-0.4, -0.2) is 25.8 Å². The van der Waals surface area contributed by atoms with Crippen LogP contribution in [0.15, 0.2) is 42.6 Å². The lowest BCUT2D eigenvalue weighted by Gasteiger charge is -2.35. The van der Waals surface area contributed by atoms with Crippen molar-refractivity contribution < 1.29 is 0 Å². The molecular formula is C17H16N6S. The van der Waals surface area contributed by atoms with E-state index in [1.807, 2.05) is 35.0 Å². The monoisotopic (exact) mass is 336 g/mol. The summed E-state index contributed by atoms with van der Waals surface area (Å²) in [7, 11) is 0. The third kappa shape index (κ3) is 2.12. The Balaban J connectivity index is 1.33. The standard InChI is InChI=1S/C17H16N6S/c18-15-12-4-3-7-19-16(12)23(22-15)11-8-10(9-11)20-17-21-13-5-1-2-6-14(13)24-17/h1-7,10-11H,8-9H2,(H2,18,22)(H,20,21)/t10-,11-. The number of anilines is 2. The van der Waals surface area contributed by atoms with E-state index in [4.69, 9.17) is 5.73 Å². The molecule has 5 rings (SSSR count). The number of thiazole rings is 1. The van der Waals surface area contributed by atoms with E-state index in [1.165, 1.54) is 4.70 Å². The molecule has 3 heterocycles. The number of nitrogens with one attached hydrogen (secondary N) is 1. The van der Waals surface area contributed by atoms with Gasteiger partial charge >= 0.3 is 0 Å². The van der Waals surface area contributed by atoms with Gasteiger partial charge in [-0.1, -0.05) is 23.5 Å². The molecule has 0 radical (unpaired) electrons. The van der Waals surface area contributed by atoms with Crippen molar-refractivity contribution in [2.24, 2.45) is 0 Å². The molecular weight excluding hydrogens is 320 g/mol. The second-order valence-electron chi connectivity index (χ2n) is 6.16. The molecule has 4 aromatic rings. The fraction of sp³-hybridized carbons (Fsp3) is 0.235. The minimum atomic E-state index is 0.339. The average molecular weight is 336 g/mol. The number of aromatic nitrogens is 4. The normalized spacial score (nSPS) is 20.3. The molecule has 0 saturated heterocycles. The Morgan fingerprint density at radius 1 is 1.17 bits per heavy atom. The zero-order chi connectivity index (χ0) is 16.1. The van der Waals surface area contributed by atoms with Gasteiger partial charge in [-0.25, -0.2) is 14.6 Å². The highest BCUT2D eigenvalue weighted by Crippen LogP contribution is 2.37. The molecule has 6 nitrogen and oxygen atoms in total. The van der Waals surface area contributed by atoms with E-state index in [0.717, 1.165) is 34.5 Å². The molecule has 7 heteroatoms. The van der Waals surface area contributed by atoms with Crippen LogP contribution < -0.4 is 11.1 Å². The van der Waals surface area contributed by atoms with Gasteiger partial charge in [-0.2, -0.15) is 5.10 Å². The molecule has 1 aliphatic carbocycles. The molecule has 3 N–H and O–H groups in total. The van der Waals surface area contributed by atoms with Crippen molar-refractivity contribution in [1.82, 2.24) is 19.7 Å². The summed E-state index contributed by atoms with van der Waals surface area (Å²) in [5.74, 6) is 0.556. The minimum Gasteiger partial charge on any atom is -0.382 e. The molecule has 0 bridgehead atoms. The molecule has 120 valence electrons. The first-order chi connectivity index (χ1) is 11.8. The predicted molar refractivity (Wildman–Crippen MR) is 97.2 cm³/mol. The number of hydrogen-bond acceptors (Lipinski definition) is 6. The molecule has 0 unspecified atom stereocenters. The SMILES string of the molecule is Nc1nn([C@H]2C[C@H](Nc3nc4ccccc4s3)C2)c2ncccc12. The summed E-state index contributed by atoms with van der Waals surface area (Å²) < 4.78 is 3.19. The quantitative estimate of drug-likeness (QED) is 0.599. The topological polar surface area (TPSA) is 81.6 Å². The lowest BCUT2D eigenvalue weighted by Crippen LogP contribution is -2.37. The summed E-state index contributed by atoms with van der Waals surface area (Å²) in [6.45, 7) is 0. The third-order valence-corrected chi connectivity index (χ3v) is 5.54. The fourth-order valence-electron chi connectivity index (χ4n) is 3.27. The molecule has 24 heavy (non-hydrogen) atoms. The second-order valence-corrected chi connectivity index (χ2v) is 7.19. The van der Waals surface area contributed by atoms with Crippen LogP contribution in [0.4, 0.5) is 10.9 Å². The van der Waals surface area contributed by atoms with Crippen LogP contribution in [0.2, 0.25) is 0 Å². The van der Waals surface area contributed by atoms with E-state index in [1.54, 1.807) is 17.5 Å². The maximum atomic E-state index is 6.00. The van der Waals surface area contributed by atoms with Crippen LogP contribution in [-0.2, 0) is 0 Å². The smallest absolute Gasteiger partial charge is 0.184 e. The van der Waals surface area contributed by atoms with E-state index >= 15 is 0 Å². The number of nitrogens with two attached hydrogens (primary N) is 1. The van der Waals surface area contributed by atoms with Gasteiger partial charge in [0.15, 0.2) is 16.6 Å². The highest BCUT2D eigenvalue weighted by atomic mass is 32.1. The first-order valence-electron chi connectivity index (χ1n) is 7.99. The van der Waals surface area contributed by atoms with Crippen molar-refractivity contribution in [3.63, 3.8) is 0 Å². The maximum absolute atomic E-state index is 6.00. The summed E-state index contributed by atoms with van der Waals surface area (Å²) in [6.07, 6.45) is 3.79. The van der Waals surface area contributed by atoms with Gasteiger partial charge in [-0.15, -0.1) is 0 Å². The molecule has 1 fully saturated rings. The van der Waals surface area contributed by atoms with Crippen molar-refractivity contribution in [2.45, 2.75) is 24.9 Å². The Labute approximate surface area is 142 Å². The second kappa shape index (κ2) is 5.17. The Kier molecular flexibility index (Phi) is 2.96. The van der Waals surface area contributed by atoms with Gasteiger partial charge in [0.2, 0.25) is 0 Å². The van der Waals surface area contributed by atoms with Crippen LogP contribution in [0.3, 0.4) is 0 Å². The first-order valence-corrected chi connectivity index (χ1v) is 8.80. The summed E-state index contributed by atoms with van der Waals surface area (Å²) >= 11 is 1.70. The minimum absolute atomic E-state index is 0.339. The summed E-state index contributed by atoms with van der Waals surface area (Å²) in [5, 5.41) is 9.94. The van der Waals surface area contributed by atoms with Crippen LogP contribution >= 0.6 is 11.3 Å². The predicted octanol–water partition coefficient (Wildman–Crippen LogP) is 3.44. The lowest BCUT2D eigenvalue weighted by molar-refractivity contribution is 0.268. The summed E-state index contributed by atoms with van der Waals surface area (Å²) in [4.78, 5) is 9.07. The zero-order valence-corrected chi connectivity index (χ0v) is 13.7. The van der Waals surface area contributed by atoms with E-state index in [2.05, 4.69) is 26.4 Å². The first kappa shape index (κ1) is 13.7. The Bertz CT molecular complexity index is 997. The third-order valence-electron chi connectivity index (χ3n) is 4.58. The largest absolute Gasteiger partial charge is 0.382 e. The van der Waals surface area contributed by atoms with Gasteiger partial charge in [-0.05, 0) is 37.1 Å². The van der Waals surface area contributed by atoms with E-state index in [-0.39, 0.29) is 0 Å². The van der Waals surface area contributed by atoms with Gasteiger partial charge in [0.05, 0.1) is 21.6 Å². The molecule has 1 saturated carbocycles. The fourth-order valence-corrected chi connectivity index (χ4v) is 4.21. The van der Waals surface area contributed by atoms with Gasteiger partial charge in [0.1, 0.15) is 0 Å². The summed E-state index contributed by atoms with van der Waals surface area (Å²) in [6, 6.07) is 12.8. The number of benzene rings is 1. The van der Waals surface area contributed by atoms with Crippen LogP contribution in [0.1, 0.15) is 18.9 Å². The van der Waals surface area contributed by atoms with E-state index in [0.29, 0.717) is 17.9 Å². The van der Waals surface area contributed by atoms with Crippen molar-refractivity contribution in [2.75, 3.05) is 11.1 Å². The van der Waals surface area contributed by atoms with E-state index < -0.39 is 0 Å². The van der Waals surface area contributed by atoms with Crippen molar-refractivity contribution in [3.05, 3.63) is 42.6 Å². The number of hydrogen-bond donors (Lipinski definition) is 2. The highest BCUT2D eigenvalue weighted by Gasteiger charge is 2.33. The van der Waals surface area contributed by atoms with Gasteiger partial charge in [-0.3, -0.25) is 0 Å². The molecule has 0 atom stereocenters. The zero-order valence-electron chi connectivity index (χ0n) is 12.9. The highest BCUT2D eigenvalue weighted by molar-refractivity contribution is 7.22. The number of nitrogens with zero attached hydrogens (tertiary/aromatic N) is 4. The molecule has 0 aliphatic heterocycles. The average Bonchev–Trinajstić information content (AvgIpc) is 3.12. The van der Waals surface area contributed by atoms with Crippen LogP contribution in [0.5, 0.6) is 0 Å². The molecule has 0 spiro atoms. The Hall–Kier alpha value is -2.67. The van der Waals surface area contributed by atoms with Gasteiger partial charge in [0, 0.05) is 12.2 Å². The molecule has 1 aromatic carbocycles. The number of para-hydroxylation sites is 1. The maximum Gasteiger partial charge on any atom is 0.184 e. The molecule has 3 aromatic heterocycles. The van der Waals surface area contributed by atoms with Gasteiger partial charge in [0.25, 0.3) is 0 Å². The van der Waals surface area contributed by atoms with Crippen molar-refractivity contribution in [3.8, 4) is 0 Å². The lowest BCUT2D eigenvalue weighted by atomic mass is 9.87. The molecule has 0 amide bonds. The number of rotatable bonds is 3. The number of fused-ring (bicyclic) bond motifs is 2. The Morgan fingerprint density at radius 2 is 2.04 bits per heavy atom. The molecule has 1 aliphatic rings. The van der Waals surface area contributed by atoms with Crippen LogP contribution in [0.25, 0.3) is 21.3 Å². The summed E-state index contributed by atoms with van der Waals surface area (Å²) in [5.41, 5.74) is 7.92. The Morgan fingerprint density at radius 3 is 2.92 bits per heavy atom. The number of nitrogen functional groups attached to an aromatic ring is 1.